The quantitative estimate of drug-likeness (QED) is 0.851. The largest absolute Gasteiger partial charge is 0.326 e. The minimum Gasteiger partial charge on any atom is -0.326 e. The van der Waals surface area contributed by atoms with Gasteiger partial charge in [0.05, 0.1) is 11.2 Å². The predicted molar refractivity (Wildman–Crippen MR) is 69.2 cm³/mol. The Morgan fingerprint density at radius 3 is 3.11 bits per heavy atom. The van der Waals surface area contributed by atoms with E-state index in [2.05, 4.69) is 16.4 Å². The minimum atomic E-state index is 0.0571. The van der Waals surface area contributed by atoms with E-state index in [-0.39, 0.29) is 5.91 Å². The van der Waals surface area contributed by atoms with E-state index >= 15 is 0 Å². The van der Waals surface area contributed by atoms with Gasteiger partial charge in [-0.2, -0.15) is 5.26 Å². The maximum absolute atomic E-state index is 11.3. The SMILES string of the molecule is N#Cc1scnc1-c1ccc2c(c1)CCC(=O)N2. The predicted octanol–water partition coefficient (Wildman–Crippen LogP) is 2.57. The van der Waals surface area contributed by atoms with Crippen LogP contribution in [-0.2, 0) is 11.2 Å². The standard InChI is InChI=1S/C13H9N3OS/c14-6-11-13(15-7-18-11)9-1-3-10-8(5-9)2-4-12(17)16-10/h1,3,5,7H,2,4H2,(H,16,17). The van der Waals surface area contributed by atoms with Crippen LogP contribution in [-0.4, -0.2) is 10.9 Å². The monoisotopic (exact) mass is 255 g/mol. The van der Waals surface area contributed by atoms with Crippen LogP contribution in [0.2, 0.25) is 0 Å². The second-order valence-corrected chi connectivity index (χ2v) is 4.92. The Kier molecular flexibility index (Phi) is 2.58. The van der Waals surface area contributed by atoms with Crippen molar-refractivity contribution < 1.29 is 4.79 Å². The van der Waals surface area contributed by atoms with Gasteiger partial charge in [0.1, 0.15) is 10.9 Å². The molecule has 1 amide bonds. The summed E-state index contributed by atoms with van der Waals surface area (Å²) in [6.07, 6.45) is 1.25. The van der Waals surface area contributed by atoms with Crippen LogP contribution < -0.4 is 5.32 Å². The van der Waals surface area contributed by atoms with Gasteiger partial charge >= 0.3 is 0 Å². The fourth-order valence-electron chi connectivity index (χ4n) is 2.06. The zero-order valence-electron chi connectivity index (χ0n) is 9.43. The number of rotatable bonds is 1. The molecule has 1 aliphatic rings. The highest BCUT2D eigenvalue weighted by Gasteiger charge is 2.16. The van der Waals surface area contributed by atoms with E-state index in [1.165, 1.54) is 11.3 Å². The third-order valence-electron chi connectivity index (χ3n) is 2.94. The van der Waals surface area contributed by atoms with Gasteiger partial charge in [-0.1, -0.05) is 6.07 Å². The van der Waals surface area contributed by atoms with Gasteiger partial charge in [-0.3, -0.25) is 4.79 Å². The molecule has 0 saturated carbocycles. The summed E-state index contributed by atoms with van der Waals surface area (Å²) < 4.78 is 0. The molecular weight excluding hydrogens is 246 g/mol. The van der Waals surface area contributed by atoms with Crippen molar-refractivity contribution >= 4 is 22.9 Å². The molecule has 2 aromatic rings. The normalized spacial score (nSPS) is 13.6. The molecule has 0 aliphatic carbocycles. The van der Waals surface area contributed by atoms with Crippen LogP contribution in [0.4, 0.5) is 5.69 Å². The Hall–Kier alpha value is -2.19. The average molecular weight is 255 g/mol. The lowest BCUT2D eigenvalue weighted by Gasteiger charge is -2.17. The molecule has 0 unspecified atom stereocenters. The number of fused-ring (bicyclic) bond motifs is 1. The third kappa shape index (κ3) is 1.77. The highest BCUT2D eigenvalue weighted by atomic mass is 32.1. The first-order valence-corrected chi connectivity index (χ1v) is 6.42. The highest BCUT2D eigenvalue weighted by Crippen LogP contribution is 2.30. The Morgan fingerprint density at radius 1 is 1.39 bits per heavy atom. The molecule has 0 bridgehead atoms. The number of amides is 1. The van der Waals surface area contributed by atoms with Gasteiger partial charge in [-0.05, 0) is 24.1 Å². The Morgan fingerprint density at radius 2 is 2.28 bits per heavy atom. The first kappa shape index (κ1) is 10.9. The molecule has 1 N–H and O–H groups in total. The van der Waals surface area contributed by atoms with Crippen LogP contribution in [0, 0.1) is 11.3 Å². The molecule has 2 heterocycles. The maximum atomic E-state index is 11.3. The summed E-state index contributed by atoms with van der Waals surface area (Å²) in [6, 6.07) is 7.92. The highest BCUT2D eigenvalue weighted by molar-refractivity contribution is 7.10. The summed E-state index contributed by atoms with van der Waals surface area (Å²) in [6.45, 7) is 0. The van der Waals surface area contributed by atoms with Crippen molar-refractivity contribution in [2.45, 2.75) is 12.8 Å². The summed E-state index contributed by atoms with van der Waals surface area (Å²) >= 11 is 1.34. The Labute approximate surface area is 108 Å². The van der Waals surface area contributed by atoms with E-state index in [1.54, 1.807) is 5.51 Å². The molecule has 18 heavy (non-hydrogen) atoms. The molecule has 4 nitrogen and oxygen atoms in total. The summed E-state index contributed by atoms with van der Waals surface area (Å²) in [5.74, 6) is 0.0571. The first-order chi connectivity index (χ1) is 8.78. The summed E-state index contributed by atoms with van der Waals surface area (Å²) in [7, 11) is 0. The molecule has 0 saturated heterocycles. The third-order valence-corrected chi connectivity index (χ3v) is 3.67. The van der Waals surface area contributed by atoms with Gasteiger partial charge < -0.3 is 5.32 Å². The summed E-state index contributed by atoms with van der Waals surface area (Å²) in [5, 5.41) is 11.8. The fourth-order valence-corrected chi connectivity index (χ4v) is 2.66. The molecule has 88 valence electrons. The topological polar surface area (TPSA) is 65.8 Å². The summed E-state index contributed by atoms with van der Waals surface area (Å²) in [4.78, 5) is 16.1. The van der Waals surface area contributed by atoms with Crippen LogP contribution >= 0.6 is 11.3 Å². The maximum Gasteiger partial charge on any atom is 0.224 e. The number of aromatic nitrogens is 1. The number of hydrogen-bond donors (Lipinski definition) is 1. The molecule has 3 rings (SSSR count). The Bertz CT molecular complexity index is 669. The minimum absolute atomic E-state index is 0.0571. The van der Waals surface area contributed by atoms with E-state index in [9.17, 15) is 4.79 Å². The lowest BCUT2D eigenvalue weighted by Crippen LogP contribution is -2.18. The van der Waals surface area contributed by atoms with Gasteiger partial charge in [0.25, 0.3) is 0 Å². The van der Waals surface area contributed by atoms with Crippen LogP contribution in [0.5, 0.6) is 0 Å². The number of hydrogen-bond acceptors (Lipinski definition) is 4. The van der Waals surface area contributed by atoms with E-state index in [4.69, 9.17) is 5.26 Å². The van der Waals surface area contributed by atoms with Gasteiger partial charge in [0.15, 0.2) is 0 Å². The van der Waals surface area contributed by atoms with Crippen molar-refractivity contribution in [3.05, 3.63) is 34.2 Å². The molecular formula is C13H9N3OS. The van der Waals surface area contributed by atoms with E-state index in [1.807, 2.05) is 18.2 Å². The lowest BCUT2D eigenvalue weighted by atomic mass is 9.99. The van der Waals surface area contributed by atoms with Crippen molar-refractivity contribution in [3.8, 4) is 17.3 Å². The second-order valence-electron chi connectivity index (χ2n) is 4.06. The number of carbonyl (C=O) groups is 1. The number of anilines is 1. The number of nitrogens with one attached hydrogen (secondary N) is 1. The number of carbonyl (C=O) groups excluding carboxylic acids is 1. The van der Waals surface area contributed by atoms with Crippen molar-refractivity contribution in [3.63, 3.8) is 0 Å². The van der Waals surface area contributed by atoms with Gasteiger partial charge in [-0.25, -0.2) is 4.98 Å². The molecule has 0 radical (unpaired) electrons. The lowest BCUT2D eigenvalue weighted by molar-refractivity contribution is -0.116. The molecule has 1 aromatic heterocycles. The van der Waals surface area contributed by atoms with E-state index in [0.29, 0.717) is 11.3 Å². The number of nitriles is 1. The molecule has 0 atom stereocenters. The van der Waals surface area contributed by atoms with Gasteiger partial charge in [-0.15, -0.1) is 11.3 Å². The van der Waals surface area contributed by atoms with Gasteiger partial charge in [0, 0.05) is 17.7 Å². The number of thiazole rings is 1. The molecule has 5 heteroatoms. The van der Waals surface area contributed by atoms with Gasteiger partial charge in [0.2, 0.25) is 5.91 Å². The van der Waals surface area contributed by atoms with Crippen molar-refractivity contribution in [2.75, 3.05) is 5.32 Å². The number of benzene rings is 1. The molecule has 1 aromatic carbocycles. The van der Waals surface area contributed by atoms with Crippen LogP contribution in [0.1, 0.15) is 16.9 Å². The van der Waals surface area contributed by atoms with Crippen molar-refractivity contribution in [1.82, 2.24) is 4.98 Å². The fraction of sp³-hybridized carbons (Fsp3) is 0.154. The molecule has 0 spiro atoms. The van der Waals surface area contributed by atoms with Crippen LogP contribution in [0.15, 0.2) is 23.7 Å². The first-order valence-electron chi connectivity index (χ1n) is 5.54. The number of aryl methyl sites for hydroxylation is 1. The smallest absolute Gasteiger partial charge is 0.224 e. The zero-order valence-corrected chi connectivity index (χ0v) is 10.3. The van der Waals surface area contributed by atoms with E-state index < -0.39 is 0 Å². The molecule has 1 aliphatic heterocycles. The van der Waals surface area contributed by atoms with Crippen LogP contribution in [0.25, 0.3) is 11.3 Å². The number of nitrogens with zero attached hydrogens (tertiary/aromatic N) is 2. The van der Waals surface area contributed by atoms with E-state index in [0.717, 1.165) is 28.9 Å². The average Bonchev–Trinajstić information content (AvgIpc) is 2.86. The summed E-state index contributed by atoms with van der Waals surface area (Å²) in [5.41, 5.74) is 5.30. The Balaban J connectivity index is 2.06. The second kappa shape index (κ2) is 4.24. The van der Waals surface area contributed by atoms with Crippen molar-refractivity contribution in [2.24, 2.45) is 0 Å². The molecule has 0 fully saturated rings. The van der Waals surface area contributed by atoms with Crippen LogP contribution in [0.3, 0.4) is 0 Å². The zero-order chi connectivity index (χ0) is 12.5. The van der Waals surface area contributed by atoms with Crippen molar-refractivity contribution in [1.29, 1.82) is 5.26 Å².